The predicted molar refractivity (Wildman–Crippen MR) is 100 cm³/mol. The number of hydrogen-bond donors (Lipinski definition) is 1. The van der Waals surface area contributed by atoms with E-state index in [-0.39, 0.29) is 23.3 Å². The van der Waals surface area contributed by atoms with Gasteiger partial charge in [0.15, 0.2) is 6.61 Å². The van der Waals surface area contributed by atoms with Crippen LogP contribution in [0.4, 0.5) is 0 Å². The van der Waals surface area contributed by atoms with Gasteiger partial charge in [-0.1, -0.05) is 52.8 Å². The van der Waals surface area contributed by atoms with Gasteiger partial charge in [0.2, 0.25) is 0 Å². The van der Waals surface area contributed by atoms with Gasteiger partial charge in [-0.15, -0.1) is 0 Å². The second-order valence-electron chi connectivity index (χ2n) is 7.77. The van der Waals surface area contributed by atoms with Crippen molar-refractivity contribution in [2.24, 2.45) is 10.5 Å². The minimum Gasteiger partial charge on any atom is -0.484 e. The average Bonchev–Trinajstić information content (AvgIpc) is 2.47. The summed E-state index contributed by atoms with van der Waals surface area (Å²) >= 11 is 0. The average molecular weight is 330 g/mol. The Hall–Kier alpha value is -2.10. The molecule has 0 aliphatic rings. The van der Waals surface area contributed by atoms with Crippen molar-refractivity contribution in [3.05, 3.63) is 42.0 Å². The Labute approximate surface area is 146 Å². The van der Waals surface area contributed by atoms with Crippen LogP contribution in [0.1, 0.15) is 53.5 Å². The van der Waals surface area contributed by atoms with Gasteiger partial charge in [0, 0.05) is 6.21 Å². The van der Waals surface area contributed by atoms with Crippen molar-refractivity contribution < 1.29 is 9.53 Å². The first kappa shape index (κ1) is 19.9. The number of nitrogens with zero attached hydrogens (tertiary/aromatic N) is 1. The predicted octanol–water partition coefficient (Wildman–Crippen LogP) is 4.46. The van der Waals surface area contributed by atoms with Crippen molar-refractivity contribution in [3.63, 3.8) is 0 Å². The monoisotopic (exact) mass is 330 g/mol. The SMILES string of the molecule is CC=CC=NNC(=O)COc1ccc(C(C)(C)CC(C)(C)C)cc1. The molecule has 0 saturated heterocycles. The van der Waals surface area contributed by atoms with Gasteiger partial charge in [-0.3, -0.25) is 4.79 Å². The van der Waals surface area contributed by atoms with Gasteiger partial charge >= 0.3 is 0 Å². The van der Waals surface area contributed by atoms with Crippen LogP contribution >= 0.6 is 0 Å². The molecule has 132 valence electrons. The molecule has 1 aromatic carbocycles. The molecule has 0 saturated carbocycles. The highest BCUT2D eigenvalue weighted by Gasteiger charge is 2.27. The highest BCUT2D eigenvalue weighted by molar-refractivity contribution is 5.79. The van der Waals surface area contributed by atoms with Crippen LogP contribution in [0.3, 0.4) is 0 Å². The van der Waals surface area contributed by atoms with Gasteiger partial charge in [-0.05, 0) is 47.9 Å². The van der Waals surface area contributed by atoms with Crippen molar-refractivity contribution in [3.8, 4) is 5.75 Å². The van der Waals surface area contributed by atoms with E-state index in [0.29, 0.717) is 5.75 Å². The molecular weight excluding hydrogens is 300 g/mol. The Morgan fingerprint density at radius 1 is 1.17 bits per heavy atom. The quantitative estimate of drug-likeness (QED) is 0.593. The largest absolute Gasteiger partial charge is 0.484 e. The summed E-state index contributed by atoms with van der Waals surface area (Å²) in [5.41, 5.74) is 4.03. The Morgan fingerprint density at radius 3 is 2.33 bits per heavy atom. The fourth-order valence-corrected chi connectivity index (χ4v) is 2.85. The summed E-state index contributed by atoms with van der Waals surface area (Å²) in [6.07, 6.45) is 6.17. The standard InChI is InChI=1S/C20H30N2O2/c1-7-8-13-21-22-18(23)14-24-17-11-9-16(10-12-17)20(5,6)15-19(2,3)4/h7-13H,14-15H2,1-6H3,(H,22,23). The van der Waals surface area contributed by atoms with E-state index in [1.54, 1.807) is 6.08 Å². The molecule has 4 heteroatoms. The molecule has 0 unspecified atom stereocenters. The summed E-state index contributed by atoms with van der Waals surface area (Å²) < 4.78 is 5.49. The number of allylic oxidation sites excluding steroid dienone is 2. The van der Waals surface area contributed by atoms with Crippen LogP contribution in [-0.2, 0) is 10.2 Å². The van der Waals surface area contributed by atoms with Crippen LogP contribution in [0, 0.1) is 5.41 Å². The number of hydrogen-bond acceptors (Lipinski definition) is 3. The summed E-state index contributed by atoms with van der Waals surface area (Å²) in [5.74, 6) is 0.394. The lowest BCUT2D eigenvalue weighted by Crippen LogP contribution is -2.25. The molecule has 4 nitrogen and oxygen atoms in total. The zero-order chi connectivity index (χ0) is 18.2. The lowest BCUT2D eigenvalue weighted by Gasteiger charge is -2.33. The first-order valence-electron chi connectivity index (χ1n) is 8.30. The van der Waals surface area contributed by atoms with E-state index in [9.17, 15) is 4.79 Å². The third kappa shape index (κ3) is 7.44. The number of carbonyl (C=O) groups is 1. The van der Waals surface area contributed by atoms with Crippen LogP contribution in [0.15, 0.2) is 41.5 Å². The van der Waals surface area contributed by atoms with E-state index in [2.05, 4.69) is 57.3 Å². The van der Waals surface area contributed by atoms with Gasteiger partial charge < -0.3 is 4.74 Å². The van der Waals surface area contributed by atoms with E-state index in [0.717, 1.165) is 6.42 Å². The van der Waals surface area contributed by atoms with Gasteiger partial charge in [-0.2, -0.15) is 5.10 Å². The number of ether oxygens (including phenoxy) is 1. The molecule has 1 aromatic rings. The van der Waals surface area contributed by atoms with Crippen LogP contribution < -0.4 is 10.2 Å². The van der Waals surface area contributed by atoms with Gasteiger partial charge in [0.25, 0.3) is 5.91 Å². The lowest BCUT2D eigenvalue weighted by atomic mass is 9.72. The summed E-state index contributed by atoms with van der Waals surface area (Å²) in [6, 6.07) is 7.97. The number of amides is 1. The Kier molecular flexibility index (Phi) is 7.20. The van der Waals surface area contributed by atoms with E-state index in [1.807, 2.05) is 25.1 Å². The third-order valence-corrected chi connectivity index (χ3v) is 3.52. The molecule has 0 bridgehead atoms. The van der Waals surface area contributed by atoms with Crippen molar-refractivity contribution in [1.29, 1.82) is 0 Å². The first-order valence-corrected chi connectivity index (χ1v) is 8.30. The molecular formula is C20H30N2O2. The summed E-state index contributed by atoms with van der Waals surface area (Å²) in [5, 5.41) is 3.76. The summed E-state index contributed by atoms with van der Waals surface area (Å²) in [4.78, 5) is 11.6. The number of rotatable bonds is 7. The minimum atomic E-state index is -0.284. The molecule has 1 amide bonds. The number of nitrogens with one attached hydrogen (secondary N) is 1. The lowest BCUT2D eigenvalue weighted by molar-refractivity contribution is -0.123. The van der Waals surface area contributed by atoms with Crippen molar-refractivity contribution in [1.82, 2.24) is 5.43 Å². The van der Waals surface area contributed by atoms with Gasteiger partial charge in [0.05, 0.1) is 0 Å². The zero-order valence-corrected chi connectivity index (χ0v) is 15.7. The van der Waals surface area contributed by atoms with E-state index in [1.165, 1.54) is 11.8 Å². The van der Waals surface area contributed by atoms with E-state index in [4.69, 9.17) is 4.74 Å². The van der Waals surface area contributed by atoms with Crippen molar-refractivity contribution >= 4 is 12.1 Å². The molecule has 0 aromatic heterocycles. The Balaban J connectivity index is 2.57. The Bertz CT molecular complexity index is 579. The molecule has 0 heterocycles. The van der Waals surface area contributed by atoms with Crippen LogP contribution in [0.25, 0.3) is 0 Å². The topological polar surface area (TPSA) is 50.7 Å². The summed E-state index contributed by atoms with van der Waals surface area (Å²) in [6.45, 7) is 13.1. The van der Waals surface area contributed by atoms with E-state index < -0.39 is 0 Å². The molecule has 0 aliphatic heterocycles. The molecule has 0 aliphatic carbocycles. The minimum absolute atomic E-state index is 0.0576. The highest BCUT2D eigenvalue weighted by Crippen LogP contribution is 2.36. The van der Waals surface area contributed by atoms with Crippen LogP contribution in [-0.4, -0.2) is 18.7 Å². The first-order chi connectivity index (χ1) is 11.1. The third-order valence-electron chi connectivity index (χ3n) is 3.52. The maximum absolute atomic E-state index is 11.6. The molecule has 0 fully saturated rings. The van der Waals surface area contributed by atoms with Crippen LogP contribution in [0.5, 0.6) is 5.75 Å². The Morgan fingerprint density at radius 2 is 1.79 bits per heavy atom. The van der Waals surface area contributed by atoms with Crippen molar-refractivity contribution in [2.75, 3.05) is 6.61 Å². The highest BCUT2D eigenvalue weighted by atomic mass is 16.5. The normalized spacial score (nSPS) is 12.8. The number of benzene rings is 1. The molecule has 24 heavy (non-hydrogen) atoms. The fraction of sp³-hybridized carbons (Fsp3) is 0.500. The number of carbonyl (C=O) groups excluding carboxylic acids is 1. The second kappa shape index (κ2) is 8.67. The van der Waals surface area contributed by atoms with Gasteiger partial charge in [0.1, 0.15) is 5.75 Å². The molecule has 0 spiro atoms. The van der Waals surface area contributed by atoms with Crippen LogP contribution in [0.2, 0.25) is 0 Å². The molecule has 0 atom stereocenters. The molecule has 1 rings (SSSR count). The molecule has 0 radical (unpaired) electrons. The second-order valence-corrected chi connectivity index (χ2v) is 7.77. The zero-order valence-electron chi connectivity index (χ0n) is 15.7. The van der Waals surface area contributed by atoms with Crippen molar-refractivity contribution in [2.45, 2.75) is 53.4 Å². The van der Waals surface area contributed by atoms with Gasteiger partial charge in [-0.25, -0.2) is 5.43 Å². The number of hydrazone groups is 1. The summed E-state index contributed by atoms with van der Waals surface area (Å²) in [7, 11) is 0. The fourth-order valence-electron chi connectivity index (χ4n) is 2.85. The van der Waals surface area contributed by atoms with E-state index >= 15 is 0 Å². The maximum Gasteiger partial charge on any atom is 0.277 e. The molecule has 1 N–H and O–H groups in total. The smallest absolute Gasteiger partial charge is 0.277 e. The maximum atomic E-state index is 11.6.